The Labute approximate surface area is 111 Å². The van der Waals surface area contributed by atoms with Gasteiger partial charge in [0.1, 0.15) is 0 Å². The lowest BCUT2D eigenvalue weighted by atomic mass is 10.1. The van der Waals surface area contributed by atoms with E-state index >= 15 is 0 Å². The largest absolute Gasteiger partial charge is 0.401 e. The molecule has 0 atom stereocenters. The highest BCUT2D eigenvalue weighted by atomic mass is 19.4. The topological polar surface area (TPSA) is 12.5 Å². The van der Waals surface area contributed by atoms with Gasteiger partial charge in [-0.2, -0.15) is 13.2 Å². The second kappa shape index (κ2) is 6.39. The number of benzene rings is 1. The zero-order valence-electron chi connectivity index (χ0n) is 10.7. The molecule has 0 amide bonds. The van der Waals surface area contributed by atoms with Crippen molar-refractivity contribution in [2.75, 3.05) is 19.6 Å². The average molecular weight is 273 g/mol. The first kappa shape index (κ1) is 14.3. The van der Waals surface area contributed by atoms with Crippen LogP contribution in [-0.4, -0.2) is 36.8 Å². The Balaban J connectivity index is 1.69. The summed E-state index contributed by atoms with van der Waals surface area (Å²) in [6.45, 7) is 0.640. The summed E-state index contributed by atoms with van der Waals surface area (Å²) in [5, 5.41) is 0. The number of alkyl halides is 3. The fraction of sp³-hybridized carbons (Fsp3) is 0.571. The number of halogens is 3. The van der Waals surface area contributed by atoms with Gasteiger partial charge in [0.05, 0.1) is 19.3 Å². The zero-order chi connectivity index (χ0) is 13.7. The van der Waals surface area contributed by atoms with Crippen molar-refractivity contribution in [3.05, 3.63) is 35.9 Å². The van der Waals surface area contributed by atoms with E-state index in [4.69, 9.17) is 4.74 Å². The minimum absolute atomic E-state index is 0.0738. The molecule has 1 aromatic carbocycles. The molecule has 0 unspecified atom stereocenters. The van der Waals surface area contributed by atoms with E-state index in [1.54, 1.807) is 0 Å². The molecule has 1 heterocycles. The second-order valence-corrected chi connectivity index (χ2v) is 4.89. The molecule has 19 heavy (non-hydrogen) atoms. The van der Waals surface area contributed by atoms with E-state index in [1.165, 1.54) is 4.90 Å². The molecule has 5 heteroatoms. The van der Waals surface area contributed by atoms with Gasteiger partial charge in [-0.25, -0.2) is 0 Å². The van der Waals surface area contributed by atoms with Crippen LogP contribution in [0.25, 0.3) is 0 Å². The molecule has 1 aliphatic rings. The molecule has 0 aliphatic carbocycles. The summed E-state index contributed by atoms with van der Waals surface area (Å²) in [7, 11) is 0. The third-order valence-electron chi connectivity index (χ3n) is 3.27. The molecule has 0 N–H and O–H groups in total. The summed E-state index contributed by atoms with van der Waals surface area (Å²) in [4.78, 5) is 1.45. The van der Waals surface area contributed by atoms with Gasteiger partial charge in [-0.1, -0.05) is 30.3 Å². The Morgan fingerprint density at radius 1 is 1.11 bits per heavy atom. The van der Waals surface area contributed by atoms with Crippen LogP contribution in [0.4, 0.5) is 13.2 Å². The maximum absolute atomic E-state index is 12.2. The molecule has 0 aromatic heterocycles. The van der Waals surface area contributed by atoms with Gasteiger partial charge in [0, 0.05) is 13.1 Å². The summed E-state index contributed by atoms with van der Waals surface area (Å²) in [5.74, 6) is 0. The van der Waals surface area contributed by atoms with Gasteiger partial charge in [0.15, 0.2) is 0 Å². The van der Waals surface area contributed by atoms with Crippen LogP contribution in [-0.2, 0) is 11.3 Å². The van der Waals surface area contributed by atoms with Crippen LogP contribution in [0.5, 0.6) is 0 Å². The smallest absolute Gasteiger partial charge is 0.373 e. The molecule has 0 radical (unpaired) electrons. The van der Waals surface area contributed by atoms with Crippen molar-refractivity contribution in [1.82, 2.24) is 4.90 Å². The van der Waals surface area contributed by atoms with E-state index in [9.17, 15) is 13.2 Å². The van der Waals surface area contributed by atoms with Crippen molar-refractivity contribution >= 4 is 0 Å². The molecule has 1 saturated heterocycles. The standard InChI is InChI=1S/C14H18F3NO/c15-14(16,17)11-18-8-6-13(7-9-18)19-10-12-4-2-1-3-5-12/h1-5,13H,6-11H2. The molecule has 0 spiro atoms. The molecule has 1 aliphatic heterocycles. The number of nitrogens with zero attached hydrogens (tertiary/aromatic N) is 1. The number of hydrogen-bond acceptors (Lipinski definition) is 2. The molecule has 2 rings (SSSR count). The Kier molecular flexibility index (Phi) is 4.82. The van der Waals surface area contributed by atoms with Gasteiger partial charge in [0.2, 0.25) is 0 Å². The van der Waals surface area contributed by atoms with Crippen LogP contribution < -0.4 is 0 Å². The summed E-state index contributed by atoms with van der Waals surface area (Å²) in [5.41, 5.74) is 1.10. The van der Waals surface area contributed by atoms with Gasteiger partial charge >= 0.3 is 6.18 Å². The fourth-order valence-corrected chi connectivity index (χ4v) is 2.28. The predicted octanol–water partition coefficient (Wildman–Crippen LogP) is 3.23. The van der Waals surface area contributed by atoms with Crippen LogP contribution in [0.1, 0.15) is 18.4 Å². The SMILES string of the molecule is FC(F)(F)CN1CCC(OCc2ccccc2)CC1. The van der Waals surface area contributed by atoms with E-state index < -0.39 is 12.7 Å². The third-order valence-corrected chi connectivity index (χ3v) is 3.27. The normalized spacial score (nSPS) is 18.7. The minimum atomic E-state index is -4.10. The molecule has 1 aromatic rings. The number of piperidine rings is 1. The number of rotatable bonds is 4. The van der Waals surface area contributed by atoms with Crippen LogP contribution in [0.2, 0.25) is 0 Å². The van der Waals surface area contributed by atoms with Gasteiger partial charge in [0.25, 0.3) is 0 Å². The highest BCUT2D eigenvalue weighted by molar-refractivity contribution is 5.13. The van der Waals surface area contributed by atoms with E-state index in [2.05, 4.69) is 0 Å². The van der Waals surface area contributed by atoms with Crippen molar-refractivity contribution < 1.29 is 17.9 Å². The minimum Gasteiger partial charge on any atom is -0.373 e. The summed E-state index contributed by atoms with van der Waals surface area (Å²) >= 11 is 0. The van der Waals surface area contributed by atoms with Crippen molar-refractivity contribution in [2.24, 2.45) is 0 Å². The van der Waals surface area contributed by atoms with E-state index in [1.807, 2.05) is 30.3 Å². The summed E-state index contributed by atoms with van der Waals surface area (Å²) in [6, 6.07) is 9.81. The Bertz CT molecular complexity index is 372. The highest BCUT2D eigenvalue weighted by Gasteiger charge is 2.32. The highest BCUT2D eigenvalue weighted by Crippen LogP contribution is 2.21. The lowest BCUT2D eigenvalue weighted by Gasteiger charge is -2.32. The van der Waals surface area contributed by atoms with Crippen molar-refractivity contribution in [2.45, 2.75) is 31.7 Å². The van der Waals surface area contributed by atoms with Crippen molar-refractivity contribution in [3.63, 3.8) is 0 Å². The van der Waals surface area contributed by atoms with Crippen molar-refractivity contribution in [1.29, 1.82) is 0 Å². The molecular weight excluding hydrogens is 255 g/mol. The molecule has 0 saturated carbocycles. The first-order valence-corrected chi connectivity index (χ1v) is 6.47. The quantitative estimate of drug-likeness (QED) is 0.835. The first-order chi connectivity index (χ1) is 9.03. The number of hydrogen-bond donors (Lipinski definition) is 0. The average Bonchev–Trinajstić information content (AvgIpc) is 2.37. The van der Waals surface area contributed by atoms with Crippen molar-refractivity contribution in [3.8, 4) is 0 Å². The first-order valence-electron chi connectivity index (χ1n) is 6.47. The summed E-state index contributed by atoms with van der Waals surface area (Å²) in [6.07, 6.45) is -2.69. The fourth-order valence-electron chi connectivity index (χ4n) is 2.28. The Morgan fingerprint density at radius 3 is 2.32 bits per heavy atom. The zero-order valence-corrected chi connectivity index (χ0v) is 10.7. The van der Waals surface area contributed by atoms with Gasteiger partial charge in [-0.05, 0) is 18.4 Å². The van der Waals surface area contributed by atoms with Crippen LogP contribution in [0.3, 0.4) is 0 Å². The lowest BCUT2D eigenvalue weighted by Crippen LogP contribution is -2.42. The predicted molar refractivity (Wildman–Crippen MR) is 66.7 cm³/mol. The van der Waals surface area contributed by atoms with Crippen LogP contribution in [0, 0.1) is 0 Å². The monoisotopic (exact) mass is 273 g/mol. The molecule has 2 nitrogen and oxygen atoms in total. The lowest BCUT2D eigenvalue weighted by molar-refractivity contribution is -0.151. The van der Waals surface area contributed by atoms with Gasteiger partial charge in [-0.3, -0.25) is 4.90 Å². The van der Waals surface area contributed by atoms with Crippen LogP contribution >= 0.6 is 0 Å². The van der Waals surface area contributed by atoms with Gasteiger partial charge in [-0.15, -0.1) is 0 Å². The molecular formula is C14H18F3NO. The molecule has 106 valence electrons. The van der Waals surface area contributed by atoms with Gasteiger partial charge < -0.3 is 4.74 Å². The maximum Gasteiger partial charge on any atom is 0.401 e. The van der Waals surface area contributed by atoms with E-state index in [-0.39, 0.29) is 6.10 Å². The number of ether oxygens (including phenoxy) is 1. The van der Waals surface area contributed by atoms with E-state index in [0.717, 1.165) is 5.56 Å². The molecule has 0 bridgehead atoms. The summed E-state index contributed by atoms with van der Waals surface area (Å²) < 4.78 is 42.4. The Hall–Kier alpha value is -1.07. The second-order valence-electron chi connectivity index (χ2n) is 4.89. The third kappa shape index (κ3) is 5.20. The Morgan fingerprint density at radius 2 is 1.74 bits per heavy atom. The molecule has 1 fully saturated rings. The number of likely N-dealkylation sites (tertiary alicyclic amines) is 1. The maximum atomic E-state index is 12.2. The van der Waals surface area contributed by atoms with Crippen LogP contribution in [0.15, 0.2) is 30.3 Å². The van der Waals surface area contributed by atoms with E-state index in [0.29, 0.717) is 32.5 Å².